The Morgan fingerprint density at radius 3 is 2.62 bits per heavy atom. The second-order valence-electron chi connectivity index (χ2n) is 3.60. The first-order chi connectivity index (χ1) is 7.52. The largest absolute Gasteiger partial charge is 0.481 e. The molecule has 0 aliphatic rings. The highest BCUT2D eigenvalue weighted by molar-refractivity contribution is 7.10. The summed E-state index contributed by atoms with van der Waals surface area (Å²) in [4.78, 5) is 22.8. The van der Waals surface area contributed by atoms with Gasteiger partial charge in [-0.05, 0) is 23.9 Å². The van der Waals surface area contributed by atoms with Gasteiger partial charge in [0.15, 0.2) is 0 Å². The molecule has 88 valence electrons. The monoisotopic (exact) mass is 242 g/mol. The van der Waals surface area contributed by atoms with Gasteiger partial charge in [0.25, 0.3) is 0 Å². The summed E-state index contributed by atoms with van der Waals surface area (Å²) in [7, 11) is 1.31. The Morgan fingerprint density at radius 1 is 1.50 bits per heavy atom. The number of esters is 1. The van der Waals surface area contributed by atoms with E-state index in [1.807, 2.05) is 18.4 Å². The van der Waals surface area contributed by atoms with Gasteiger partial charge in [-0.1, -0.05) is 0 Å². The third kappa shape index (κ3) is 3.66. The van der Waals surface area contributed by atoms with Crippen LogP contribution in [0.4, 0.5) is 0 Å². The maximum atomic E-state index is 11.2. The topological polar surface area (TPSA) is 63.6 Å². The third-order valence-electron chi connectivity index (χ3n) is 2.21. The van der Waals surface area contributed by atoms with Crippen LogP contribution in [0.25, 0.3) is 0 Å². The van der Waals surface area contributed by atoms with E-state index in [9.17, 15) is 9.59 Å². The molecule has 0 bridgehead atoms. The molecule has 1 N–H and O–H groups in total. The quantitative estimate of drug-likeness (QED) is 0.804. The van der Waals surface area contributed by atoms with E-state index < -0.39 is 5.97 Å². The van der Waals surface area contributed by atoms with Crippen molar-refractivity contribution in [1.82, 2.24) is 0 Å². The summed E-state index contributed by atoms with van der Waals surface area (Å²) >= 11 is 1.48. The van der Waals surface area contributed by atoms with E-state index in [0.29, 0.717) is 0 Å². The fraction of sp³-hybridized carbons (Fsp3) is 0.455. The predicted molar refractivity (Wildman–Crippen MR) is 60.7 cm³/mol. The second-order valence-corrected chi connectivity index (χ2v) is 4.54. The molecule has 0 aromatic carbocycles. The Hall–Kier alpha value is -1.36. The Kier molecular flexibility index (Phi) is 4.49. The summed E-state index contributed by atoms with van der Waals surface area (Å²) in [6.07, 6.45) is 0.0673. The van der Waals surface area contributed by atoms with Crippen LogP contribution in [0.1, 0.15) is 29.2 Å². The van der Waals surface area contributed by atoms with Crippen molar-refractivity contribution < 1.29 is 19.4 Å². The Labute approximate surface area is 97.9 Å². The average Bonchev–Trinajstić information content (AvgIpc) is 2.63. The van der Waals surface area contributed by atoms with E-state index in [0.717, 1.165) is 10.4 Å². The van der Waals surface area contributed by atoms with Gasteiger partial charge < -0.3 is 9.84 Å². The first-order valence-corrected chi connectivity index (χ1v) is 5.74. The molecule has 16 heavy (non-hydrogen) atoms. The van der Waals surface area contributed by atoms with E-state index in [1.165, 1.54) is 18.4 Å². The Bertz CT molecular complexity index is 383. The zero-order valence-corrected chi connectivity index (χ0v) is 10.0. The van der Waals surface area contributed by atoms with Gasteiger partial charge >= 0.3 is 11.9 Å². The highest BCUT2D eigenvalue weighted by Crippen LogP contribution is 2.29. The van der Waals surface area contributed by atoms with Crippen molar-refractivity contribution in [2.45, 2.75) is 25.7 Å². The number of hydrogen-bond donors (Lipinski definition) is 1. The summed E-state index contributed by atoms with van der Waals surface area (Å²) in [5.74, 6) is -1.57. The van der Waals surface area contributed by atoms with Crippen LogP contribution in [0.3, 0.4) is 0 Å². The zero-order valence-electron chi connectivity index (χ0n) is 9.23. The smallest absolute Gasteiger partial charge is 0.306 e. The maximum Gasteiger partial charge on any atom is 0.306 e. The minimum atomic E-state index is -0.903. The number of aliphatic carboxylic acids is 1. The standard InChI is InChI=1S/C11H14O4S/c1-7-3-9(16-6-7)8(4-10(12)13)5-11(14)15-2/h3,6,8H,4-5H2,1-2H3,(H,12,13). The number of rotatable bonds is 5. The van der Waals surface area contributed by atoms with E-state index in [4.69, 9.17) is 5.11 Å². The van der Waals surface area contributed by atoms with Crippen molar-refractivity contribution in [2.75, 3.05) is 7.11 Å². The molecular formula is C11H14O4S. The number of ether oxygens (including phenoxy) is 1. The second kappa shape index (κ2) is 5.65. The fourth-order valence-electron chi connectivity index (χ4n) is 1.44. The Morgan fingerprint density at radius 2 is 2.19 bits per heavy atom. The minimum Gasteiger partial charge on any atom is -0.481 e. The van der Waals surface area contributed by atoms with Crippen molar-refractivity contribution in [3.8, 4) is 0 Å². The first kappa shape index (κ1) is 12.7. The third-order valence-corrected chi connectivity index (χ3v) is 3.43. The van der Waals surface area contributed by atoms with E-state index >= 15 is 0 Å². The van der Waals surface area contributed by atoms with Crippen LogP contribution in [0.5, 0.6) is 0 Å². The number of aryl methyl sites for hydroxylation is 1. The summed E-state index contributed by atoms with van der Waals surface area (Å²) in [5.41, 5.74) is 1.08. The zero-order chi connectivity index (χ0) is 12.1. The SMILES string of the molecule is COC(=O)CC(CC(=O)O)c1cc(C)cs1. The van der Waals surface area contributed by atoms with Gasteiger partial charge in [-0.2, -0.15) is 0 Å². The van der Waals surface area contributed by atoms with E-state index in [2.05, 4.69) is 4.74 Å². The molecule has 0 spiro atoms. The van der Waals surface area contributed by atoms with Crippen molar-refractivity contribution in [1.29, 1.82) is 0 Å². The molecule has 0 amide bonds. The molecule has 0 saturated heterocycles. The molecular weight excluding hydrogens is 228 g/mol. The lowest BCUT2D eigenvalue weighted by atomic mass is 9.99. The highest BCUT2D eigenvalue weighted by atomic mass is 32.1. The molecule has 5 heteroatoms. The molecule has 0 saturated carbocycles. The van der Waals surface area contributed by atoms with Crippen LogP contribution >= 0.6 is 11.3 Å². The molecule has 1 heterocycles. The molecule has 0 fully saturated rings. The van der Waals surface area contributed by atoms with Crippen LogP contribution < -0.4 is 0 Å². The van der Waals surface area contributed by atoms with Gasteiger partial charge in [0.05, 0.1) is 20.0 Å². The lowest BCUT2D eigenvalue weighted by Crippen LogP contribution is -2.11. The number of methoxy groups -OCH3 is 1. The van der Waals surface area contributed by atoms with Crippen LogP contribution in [0, 0.1) is 6.92 Å². The summed E-state index contributed by atoms with van der Waals surface area (Å²) < 4.78 is 4.56. The molecule has 4 nitrogen and oxygen atoms in total. The number of carboxylic acid groups (broad SMARTS) is 1. The summed E-state index contributed by atoms with van der Waals surface area (Å²) in [5, 5.41) is 10.7. The molecule has 0 aliphatic carbocycles. The molecule has 0 radical (unpaired) electrons. The lowest BCUT2D eigenvalue weighted by Gasteiger charge is -2.11. The molecule has 1 aromatic rings. The number of hydrogen-bond acceptors (Lipinski definition) is 4. The van der Waals surface area contributed by atoms with Gasteiger partial charge in [-0.3, -0.25) is 9.59 Å². The Balaban J connectivity index is 2.78. The van der Waals surface area contributed by atoms with Gasteiger partial charge in [-0.25, -0.2) is 0 Å². The van der Waals surface area contributed by atoms with Gasteiger partial charge in [0, 0.05) is 10.8 Å². The van der Waals surface area contributed by atoms with Crippen molar-refractivity contribution >= 4 is 23.3 Å². The van der Waals surface area contributed by atoms with Gasteiger partial charge in [0.1, 0.15) is 0 Å². The molecule has 1 atom stereocenters. The van der Waals surface area contributed by atoms with Crippen LogP contribution in [-0.4, -0.2) is 24.2 Å². The summed E-state index contributed by atoms with van der Waals surface area (Å²) in [6, 6.07) is 1.92. The highest BCUT2D eigenvalue weighted by Gasteiger charge is 2.21. The average molecular weight is 242 g/mol. The number of carbonyl (C=O) groups is 2. The van der Waals surface area contributed by atoms with Gasteiger partial charge in [-0.15, -0.1) is 11.3 Å². The fourth-order valence-corrected chi connectivity index (χ4v) is 2.44. The number of carboxylic acids is 1. The number of thiophene rings is 1. The normalized spacial score (nSPS) is 12.1. The van der Waals surface area contributed by atoms with E-state index in [-0.39, 0.29) is 24.7 Å². The minimum absolute atomic E-state index is 0.0466. The van der Waals surface area contributed by atoms with Crippen LogP contribution in [-0.2, 0) is 14.3 Å². The predicted octanol–water partition coefficient (Wildman–Crippen LogP) is 2.18. The molecule has 0 aliphatic heterocycles. The molecule has 1 aromatic heterocycles. The van der Waals surface area contributed by atoms with Crippen molar-refractivity contribution in [2.24, 2.45) is 0 Å². The van der Waals surface area contributed by atoms with E-state index in [1.54, 1.807) is 0 Å². The van der Waals surface area contributed by atoms with Crippen LogP contribution in [0.2, 0.25) is 0 Å². The number of carbonyl (C=O) groups excluding carboxylic acids is 1. The van der Waals surface area contributed by atoms with Crippen molar-refractivity contribution in [3.63, 3.8) is 0 Å². The van der Waals surface area contributed by atoms with Gasteiger partial charge in [0.2, 0.25) is 0 Å². The molecule has 1 unspecified atom stereocenters. The van der Waals surface area contributed by atoms with Crippen LogP contribution in [0.15, 0.2) is 11.4 Å². The molecule has 1 rings (SSSR count). The van der Waals surface area contributed by atoms with Crippen molar-refractivity contribution in [3.05, 3.63) is 21.9 Å². The first-order valence-electron chi connectivity index (χ1n) is 4.86. The lowest BCUT2D eigenvalue weighted by molar-refractivity contribution is -0.141. The summed E-state index contributed by atoms with van der Waals surface area (Å²) in [6.45, 7) is 1.94. The maximum absolute atomic E-state index is 11.2.